The van der Waals surface area contributed by atoms with Gasteiger partial charge in [-0.05, 0) is 35.4 Å². The molecule has 0 saturated carbocycles. The average molecular weight is 433 g/mol. The molecule has 2 N–H and O–H groups in total. The Balaban J connectivity index is 0.00000141. The Morgan fingerprint density at radius 1 is 1.03 bits per heavy atom. The van der Waals surface area contributed by atoms with Crippen molar-refractivity contribution in [1.82, 2.24) is 4.31 Å². The van der Waals surface area contributed by atoms with Gasteiger partial charge in [0.25, 0.3) is 0 Å². The van der Waals surface area contributed by atoms with Gasteiger partial charge in [-0.3, -0.25) is 4.79 Å². The van der Waals surface area contributed by atoms with Crippen LogP contribution >= 0.6 is 0 Å². The van der Waals surface area contributed by atoms with Crippen LogP contribution in [-0.4, -0.2) is 50.2 Å². The highest BCUT2D eigenvalue weighted by Crippen LogP contribution is 2.16. The highest BCUT2D eigenvalue weighted by atomic mass is 32.2. The van der Waals surface area contributed by atoms with Gasteiger partial charge in [-0.15, -0.1) is 0 Å². The van der Waals surface area contributed by atoms with Crippen molar-refractivity contribution in [2.24, 2.45) is 0 Å². The van der Waals surface area contributed by atoms with Crippen LogP contribution < -0.4 is 5.32 Å². The molecule has 0 aromatic heterocycles. The van der Waals surface area contributed by atoms with Gasteiger partial charge in [0.2, 0.25) is 10.0 Å². The molecule has 2 rings (SSSR count). The zero-order chi connectivity index (χ0) is 22.7. The average Bonchev–Trinajstić information content (AvgIpc) is 2.69. The van der Waals surface area contributed by atoms with Crippen molar-refractivity contribution in [3.63, 3.8) is 0 Å². The van der Waals surface area contributed by atoms with Gasteiger partial charge in [-0.1, -0.05) is 24.3 Å². The highest BCUT2D eigenvalue weighted by molar-refractivity contribution is 7.88. The summed E-state index contributed by atoms with van der Waals surface area (Å²) in [4.78, 5) is 21.7. The minimum atomic E-state index is -3.50. The number of amides is 1. The number of nitrogens with one attached hydrogen (secondary N) is 1. The maximum Gasteiger partial charge on any atom is 0.394 e. The molecule has 9 nitrogen and oxygen atoms in total. The molecule has 0 unspecified atom stereocenters. The first-order valence-corrected chi connectivity index (χ1v) is 10.4. The molecule has 1 amide bonds. The number of methoxy groups -OCH3 is 1. The highest BCUT2D eigenvalue weighted by Gasteiger charge is 2.18. The largest absolute Gasteiger partial charge is 0.474 e. The first kappa shape index (κ1) is 24.8. The van der Waals surface area contributed by atoms with Gasteiger partial charge in [0.1, 0.15) is 0 Å². The number of nitriles is 1. The lowest BCUT2D eigenvalue weighted by atomic mass is 10.1. The molecule has 0 heterocycles. The molecule has 10 heteroatoms. The van der Waals surface area contributed by atoms with Crippen LogP contribution in [0, 0.1) is 11.3 Å². The quantitative estimate of drug-likeness (QED) is 0.663. The molecule has 0 radical (unpaired) electrons. The predicted octanol–water partition coefficient (Wildman–Crippen LogP) is 1.81. The van der Waals surface area contributed by atoms with E-state index in [0.29, 0.717) is 16.8 Å². The molecule has 2 aromatic carbocycles. The van der Waals surface area contributed by atoms with Crippen LogP contribution in [0.4, 0.5) is 5.69 Å². The summed E-state index contributed by atoms with van der Waals surface area (Å²) >= 11 is 0. The number of rotatable bonds is 6. The third-order valence-electron chi connectivity index (χ3n) is 3.68. The van der Waals surface area contributed by atoms with Crippen molar-refractivity contribution < 1.29 is 27.9 Å². The summed E-state index contributed by atoms with van der Waals surface area (Å²) in [6.45, 7) is 0.244. The molecule has 30 heavy (non-hydrogen) atoms. The minimum absolute atomic E-state index is 0.103. The van der Waals surface area contributed by atoms with Gasteiger partial charge in [0.15, 0.2) is 0 Å². The van der Waals surface area contributed by atoms with E-state index in [0.717, 1.165) is 11.8 Å². The number of aliphatic carboxylic acids is 1. The summed E-state index contributed by atoms with van der Waals surface area (Å²) < 4.78 is 29.7. The lowest BCUT2D eigenvalue weighted by Gasteiger charge is -2.20. The van der Waals surface area contributed by atoms with Gasteiger partial charge in [-0.25, -0.2) is 13.2 Å². The van der Waals surface area contributed by atoms with E-state index in [1.54, 1.807) is 50.6 Å². The van der Waals surface area contributed by atoms with Crippen LogP contribution in [0.1, 0.15) is 16.7 Å². The van der Waals surface area contributed by atoms with E-state index in [1.807, 2.05) is 6.07 Å². The predicted molar refractivity (Wildman–Crippen MR) is 111 cm³/mol. The van der Waals surface area contributed by atoms with Crippen LogP contribution in [-0.2, 0) is 37.4 Å². The molecule has 160 valence electrons. The zero-order valence-corrected chi connectivity index (χ0v) is 17.6. The maximum atomic E-state index is 12.1. The van der Waals surface area contributed by atoms with E-state index >= 15 is 0 Å². The third kappa shape index (κ3) is 8.40. The normalized spacial score (nSPS) is 10.5. The van der Waals surface area contributed by atoms with Crippen LogP contribution in [0.5, 0.6) is 0 Å². The number of ether oxygens (including phenoxy) is 1. The number of sulfonamides is 1. The molecule has 0 fully saturated rings. The molecule has 0 saturated heterocycles. The fourth-order valence-electron chi connectivity index (χ4n) is 2.26. The lowest BCUT2D eigenvalue weighted by molar-refractivity contribution is -0.147. The number of nitrogens with zero attached hydrogens (tertiary/aromatic N) is 2. The van der Waals surface area contributed by atoms with Gasteiger partial charge in [0, 0.05) is 33.0 Å². The number of carboxylic acid groups (broad SMARTS) is 1. The van der Waals surface area contributed by atoms with Gasteiger partial charge < -0.3 is 15.2 Å². The SMILES string of the molecule is COC.CS(=O)(=O)N(Cc1ccc(C#N)cc1)Cc1ccc(NC(=O)C(=O)O)cc1. The topological polar surface area (TPSA) is 137 Å². The number of carbonyl (C=O) groups excluding carboxylic acids is 1. The molecule has 0 aliphatic carbocycles. The molecule has 0 bridgehead atoms. The van der Waals surface area contributed by atoms with Gasteiger partial charge in [0.05, 0.1) is 17.9 Å². The van der Waals surface area contributed by atoms with E-state index in [2.05, 4.69) is 10.1 Å². The summed E-state index contributed by atoms with van der Waals surface area (Å²) in [6, 6.07) is 14.8. The summed E-state index contributed by atoms with van der Waals surface area (Å²) in [5, 5.41) is 19.6. The maximum absolute atomic E-state index is 12.1. The van der Waals surface area contributed by atoms with E-state index in [1.165, 1.54) is 16.4 Å². The van der Waals surface area contributed by atoms with E-state index in [-0.39, 0.29) is 13.1 Å². The molecular formula is C20H23N3O6S. The lowest BCUT2D eigenvalue weighted by Crippen LogP contribution is -2.29. The van der Waals surface area contributed by atoms with Crippen LogP contribution in [0.25, 0.3) is 0 Å². The van der Waals surface area contributed by atoms with Crippen molar-refractivity contribution in [3.8, 4) is 6.07 Å². The summed E-state index contributed by atoms with van der Waals surface area (Å²) in [5.74, 6) is -2.74. The second kappa shape index (κ2) is 11.7. The molecule has 0 aliphatic heterocycles. The number of carboxylic acids is 1. The molecular weight excluding hydrogens is 410 g/mol. The van der Waals surface area contributed by atoms with Crippen LogP contribution in [0.3, 0.4) is 0 Å². The second-order valence-corrected chi connectivity index (χ2v) is 8.19. The molecule has 2 aromatic rings. The fourth-order valence-corrected chi connectivity index (χ4v) is 3.03. The standard InChI is InChI=1S/C18H17N3O5S.C2H6O/c1-27(25,26)21(11-14-4-2-13(10-19)3-5-14)12-15-6-8-16(9-7-15)20-17(22)18(23)24;1-3-2/h2-9H,11-12H2,1H3,(H,20,22)(H,23,24);1-2H3. The minimum Gasteiger partial charge on any atom is -0.474 e. The van der Waals surface area contributed by atoms with Crippen LogP contribution in [0.2, 0.25) is 0 Å². The van der Waals surface area contributed by atoms with E-state index in [4.69, 9.17) is 10.4 Å². The Kier molecular flexibility index (Phi) is 9.64. The monoisotopic (exact) mass is 433 g/mol. The summed E-state index contributed by atoms with van der Waals surface area (Å²) in [7, 11) is -0.246. The van der Waals surface area contributed by atoms with Crippen LogP contribution in [0.15, 0.2) is 48.5 Å². The first-order valence-electron chi connectivity index (χ1n) is 8.58. The molecule has 0 atom stereocenters. The first-order chi connectivity index (χ1) is 14.1. The van der Waals surface area contributed by atoms with E-state index < -0.39 is 21.9 Å². The van der Waals surface area contributed by atoms with Gasteiger partial charge >= 0.3 is 11.9 Å². The zero-order valence-electron chi connectivity index (χ0n) is 16.8. The van der Waals surface area contributed by atoms with Crippen molar-refractivity contribution in [2.75, 3.05) is 25.8 Å². The van der Waals surface area contributed by atoms with Gasteiger partial charge in [-0.2, -0.15) is 9.57 Å². The summed E-state index contributed by atoms with van der Waals surface area (Å²) in [6.07, 6.45) is 1.11. The van der Waals surface area contributed by atoms with Crippen molar-refractivity contribution >= 4 is 27.6 Å². The summed E-state index contributed by atoms with van der Waals surface area (Å²) in [5.41, 5.74) is 2.19. The molecule has 0 aliphatic rings. The Morgan fingerprint density at radius 2 is 1.47 bits per heavy atom. The number of benzene rings is 2. The second-order valence-electron chi connectivity index (χ2n) is 6.20. The third-order valence-corrected chi connectivity index (χ3v) is 4.87. The smallest absolute Gasteiger partial charge is 0.394 e. The van der Waals surface area contributed by atoms with E-state index in [9.17, 15) is 18.0 Å². The van der Waals surface area contributed by atoms with Crippen molar-refractivity contribution in [2.45, 2.75) is 13.1 Å². The van der Waals surface area contributed by atoms with Crippen molar-refractivity contribution in [1.29, 1.82) is 5.26 Å². The Labute approximate surface area is 175 Å². The van der Waals surface area contributed by atoms with Crippen molar-refractivity contribution in [3.05, 3.63) is 65.2 Å². The number of hydrogen-bond donors (Lipinski definition) is 2. The number of anilines is 1. The molecule has 0 spiro atoms. The Morgan fingerprint density at radius 3 is 1.83 bits per heavy atom. The number of carbonyl (C=O) groups is 2. The Bertz CT molecular complexity index is 996. The Hall–Kier alpha value is -3.26. The number of hydrogen-bond acceptors (Lipinski definition) is 6. The fraction of sp³-hybridized carbons (Fsp3) is 0.250.